The Morgan fingerprint density at radius 2 is 0.565 bits per heavy atom. The maximum absolute atomic E-state index is 12.8. The Kier molecular flexibility index (Phi) is 46.2. The van der Waals surface area contributed by atoms with Crippen LogP contribution >= 0.6 is 0 Å². The summed E-state index contributed by atoms with van der Waals surface area (Å²) in [6, 6.07) is 0. The third-order valence-corrected chi connectivity index (χ3v) is 13.4. The van der Waals surface area contributed by atoms with Crippen molar-refractivity contribution in [3.8, 4) is 0 Å². The molecule has 6 heteroatoms. The summed E-state index contributed by atoms with van der Waals surface area (Å²) >= 11 is 0. The molecule has 0 aromatic carbocycles. The number of hydrogen-bond donors (Lipinski definition) is 0. The summed E-state index contributed by atoms with van der Waals surface area (Å²) in [5.41, 5.74) is 0. The van der Waals surface area contributed by atoms with Crippen molar-refractivity contribution >= 4 is 17.9 Å². The molecule has 368 valence electrons. The molecule has 0 fully saturated rings. The first kappa shape index (κ1) is 60.4. The Hall–Kier alpha value is -1.59. The minimum Gasteiger partial charge on any atom is -0.462 e. The van der Waals surface area contributed by atoms with Gasteiger partial charge in [0.2, 0.25) is 0 Å². The van der Waals surface area contributed by atoms with Crippen LogP contribution in [0.25, 0.3) is 0 Å². The zero-order valence-electron chi connectivity index (χ0n) is 42.7. The number of carbonyl (C=O) groups is 3. The first-order valence-electron chi connectivity index (χ1n) is 27.7. The predicted molar refractivity (Wildman–Crippen MR) is 266 cm³/mol. The highest BCUT2D eigenvalue weighted by Crippen LogP contribution is 2.19. The number of unbranched alkanes of at least 4 members (excludes halogenated alkanes) is 30. The Morgan fingerprint density at radius 1 is 0.323 bits per heavy atom. The molecular formula is C56H108O6. The third-order valence-electron chi connectivity index (χ3n) is 13.4. The van der Waals surface area contributed by atoms with Crippen LogP contribution < -0.4 is 0 Å². The van der Waals surface area contributed by atoms with E-state index in [0.717, 1.165) is 75.5 Å². The molecule has 2 unspecified atom stereocenters. The second-order valence-corrected chi connectivity index (χ2v) is 20.2. The lowest BCUT2D eigenvalue weighted by Gasteiger charge is -2.18. The SMILES string of the molecule is CCC(C)CCCCCCCCCCCCC(=O)O[C@@H](COC(=O)CCCCCCCCCCCCCCCCCC(C)C)COC(=O)CCCCCCCCCCC(C)CC. The monoisotopic (exact) mass is 877 g/mol. The molecule has 0 saturated carbocycles. The summed E-state index contributed by atoms with van der Waals surface area (Å²) in [5, 5.41) is 0. The van der Waals surface area contributed by atoms with Crippen molar-refractivity contribution in [2.24, 2.45) is 17.8 Å². The minimum atomic E-state index is -0.763. The van der Waals surface area contributed by atoms with Crippen molar-refractivity contribution in [1.29, 1.82) is 0 Å². The van der Waals surface area contributed by atoms with Crippen molar-refractivity contribution in [3.05, 3.63) is 0 Å². The van der Waals surface area contributed by atoms with E-state index in [4.69, 9.17) is 14.2 Å². The average Bonchev–Trinajstić information content (AvgIpc) is 3.26. The van der Waals surface area contributed by atoms with E-state index in [-0.39, 0.29) is 31.1 Å². The maximum Gasteiger partial charge on any atom is 0.306 e. The van der Waals surface area contributed by atoms with Crippen LogP contribution in [0.5, 0.6) is 0 Å². The molecule has 0 N–H and O–H groups in total. The summed E-state index contributed by atoms with van der Waals surface area (Å²) in [7, 11) is 0. The summed E-state index contributed by atoms with van der Waals surface area (Å²) in [6.07, 6.45) is 47.9. The van der Waals surface area contributed by atoms with Gasteiger partial charge in [0.25, 0.3) is 0 Å². The van der Waals surface area contributed by atoms with Crippen molar-refractivity contribution in [1.82, 2.24) is 0 Å². The smallest absolute Gasteiger partial charge is 0.306 e. The van der Waals surface area contributed by atoms with Gasteiger partial charge in [-0.2, -0.15) is 0 Å². The molecule has 0 aromatic heterocycles. The lowest BCUT2D eigenvalue weighted by molar-refractivity contribution is -0.167. The molecule has 3 atom stereocenters. The van der Waals surface area contributed by atoms with Gasteiger partial charge in [-0.05, 0) is 37.0 Å². The average molecular weight is 877 g/mol. The summed E-state index contributed by atoms with van der Waals surface area (Å²) in [4.78, 5) is 38.0. The van der Waals surface area contributed by atoms with Crippen molar-refractivity contribution in [3.63, 3.8) is 0 Å². The lowest BCUT2D eigenvalue weighted by atomic mass is 9.99. The molecule has 0 spiro atoms. The van der Waals surface area contributed by atoms with Gasteiger partial charge in [0.05, 0.1) is 0 Å². The quantitative estimate of drug-likeness (QED) is 0.0344. The highest BCUT2D eigenvalue weighted by Gasteiger charge is 2.19. The van der Waals surface area contributed by atoms with Gasteiger partial charge in [-0.1, -0.05) is 266 Å². The van der Waals surface area contributed by atoms with Crippen LogP contribution in [-0.2, 0) is 28.6 Å². The summed E-state index contributed by atoms with van der Waals surface area (Å²) in [6.45, 7) is 13.8. The fraction of sp³-hybridized carbons (Fsp3) is 0.946. The van der Waals surface area contributed by atoms with E-state index in [9.17, 15) is 14.4 Å². The highest BCUT2D eigenvalue weighted by atomic mass is 16.6. The first-order chi connectivity index (χ1) is 30.2. The Bertz CT molecular complexity index is 964. The molecule has 0 saturated heterocycles. The zero-order chi connectivity index (χ0) is 45.6. The van der Waals surface area contributed by atoms with E-state index in [0.29, 0.717) is 19.3 Å². The van der Waals surface area contributed by atoms with Crippen molar-refractivity contribution in [2.45, 2.75) is 311 Å². The lowest BCUT2D eigenvalue weighted by Crippen LogP contribution is -2.30. The second-order valence-electron chi connectivity index (χ2n) is 20.2. The first-order valence-corrected chi connectivity index (χ1v) is 27.7. The minimum absolute atomic E-state index is 0.0643. The topological polar surface area (TPSA) is 78.9 Å². The van der Waals surface area contributed by atoms with E-state index in [1.807, 2.05) is 0 Å². The van der Waals surface area contributed by atoms with Crippen LogP contribution in [0.1, 0.15) is 305 Å². The molecule has 0 radical (unpaired) electrons. The van der Waals surface area contributed by atoms with E-state index in [1.54, 1.807) is 0 Å². The highest BCUT2D eigenvalue weighted by molar-refractivity contribution is 5.71. The van der Waals surface area contributed by atoms with Crippen LogP contribution in [0.15, 0.2) is 0 Å². The van der Waals surface area contributed by atoms with E-state index in [2.05, 4.69) is 41.5 Å². The largest absolute Gasteiger partial charge is 0.462 e. The van der Waals surface area contributed by atoms with Gasteiger partial charge in [0.1, 0.15) is 13.2 Å². The fourth-order valence-electron chi connectivity index (χ4n) is 8.40. The summed E-state index contributed by atoms with van der Waals surface area (Å²) in [5.74, 6) is 1.71. The molecule has 0 aliphatic carbocycles. The molecule has 0 aromatic rings. The molecule has 0 bridgehead atoms. The van der Waals surface area contributed by atoms with Gasteiger partial charge < -0.3 is 14.2 Å². The van der Waals surface area contributed by atoms with Crippen LogP contribution in [0.4, 0.5) is 0 Å². The van der Waals surface area contributed by atoms with Gasteiger partial charge >= 0.3 is 17.9 Å². The van der Waals surface area contributed by atoms with Crippen molar-refractivity contribution < 1.29 is 28.6 Å². The molecule has 0 amide bonds. The van der Waals surface area contributed by atoms with E-state index < -0.39 is 6.10 Å². The maximum atomic E-state index is 12.8. The second kappa shape index (κ2) is 47.4. The number of esters is 3. The van der Waals surface area contributed by atoms with Crippen molar-refractivity contribution in [2.75, 3.05) is 13.2 Å². The molecule has 0 rings (SSSR count). The molecule has 0 aliphatic heterocycles. The number of ether oxygens (including phenoxy) is 3. The Labute approximate surface area is 387 Å². The third kappa shape index (κ3) is 46.4. The normalized spacial score (nSPS) is 13.0. The van der Waals surface area contributed by atoms with Gasteiger partial charge in [-0.25, -0.2) is 0 Å². The van der Waals surface area contributed by atoms with Gasteiger partial charge in [-0.15, -0.1) is 0 Å². The van der Waals surface area contributed by atoms with Crippen LogP contribution in [0.3, 0.4) is 0 Å². The van der Waals surface area contributed by atoms with Crippen LogP contribution in [0.2, 0.25) is 0 Å². The summed E-state index contributed by atoms with van der Waals surface area (Å²) < 4.78 is 16.9. The van der Waals surface area contributed by atoms with Gasteiger partial charge in [0.15, 0.2) is 6.10 Å². The van der Waals surface area contributed by atoms with Crippen LogP contribution in [0, 0.1) is 17.8 Å². The molecule has 0 aliphatic rings. The standard InChI is InChI=1S/C56H108O6/c1-7-51(5)43-37-31-25-19-16-17-21-29-35-41-47-56(59)62-53(49-61-55(58)46-40-34-28-23-22-26-32-38-44-52(6)8-2)48-60-54(57)45-39-33-27-20-15-13-11-9-10-12-14-18-24-30-36-42-50(3)4/h50-53H,7-49H2,1-6H3/t51?,52?,53-/m0/s1. The van der Waals surface area contributed by atoms with Gasteiger partial charge in [-0.3, -0.25) is 14.4 Å². The molecular weight excluding hydrogens is 769 g/mol. The molecule has 0 heterocycles. The molecule has 62 heavy (non-hydrogen) atoms. The van der Waals surface area contributed by atoms with E-state index in [1.165, 1.54) is 186 Å². The Morgan fingerprint density at radius 3 is 0.839 bits per heavy atom. The van der Waals surface area contributed by atoms with E-state index >= 15 is 0 Å². The number of rotatable bonds is 49. The van der Waals surface area contributed by atoms with Crippen LogP contribution in [-0.4, -0.2) is 37.2 Å². The number of carbonyl (C=O) groups excluding carboxylic acids is 3. The van der Waals surface area contributed by atoms with Gasteiger partial charge in [0, 0.05) is 19.3 Å². The predicted octanol–water partition coefficient (Wildman–Crippen LogP) is 17.9. The number of hydrogen-bond acceptors (Lipinski definition) is 6. The Balaban J connectivity index is 4.30. The molecule has 6 nitrogen and oxygen atoms in total. The fourth-order valence-corrected chi connectivity index (χ4v) is 8.40. The zero-order valence-corrected chi connectivity index (χ0v) is 42.7.